The van der Waals surface area contributed by atoms with E-state index in [9.17, 15) is 13.6 Å². The molecule has 12 heteroatoms. The van der Waals surface area contributed by atoms with E-state index >= 15 is 0 Å². The minimum Gasteiger partial charge on any atom is -0.485 e. The van der Waals surface area contributed by atoms with E-state index in [4.69, 9.17) is 4.74 Å². The summed E-state index contributed by atoms with van der Waals surface area (Å²) in [6.07, 6.45) is -4.07. The van der Waals surface area contributed by atoms with Gasteiger partial charge < -0.3 is 9.47 Å². The number of tetrazole rings is 1. The van der Waals surface area contributed by atoms with Gasteiger partial charge in [-0.3, -0.25) is 10.1 Å². The summed E-state index contributed by atoms with van der Waals surface area (Å²) in [6, 6.07) is 20.3. The van der Waals surface area contributed by atoms with Crippen molar-refractivity contribution in [2.24, 2.45) is 0 Å². The van der Waals surface area contributed by atoms with Crippen molar-refractivity contribution in [3.8, 4) is 22.8 Å². The normalized spacial score (nSPS) is 11.4. The highest BCUT2D eigenvalue weighted by Crippen LogP contribution is 2.31. The topological polar surface area (TPSA) is 104 Å². The molecule has 0 saturated carbocycles. The third-order valence-corrected chi connectivity index (χ3v) is 5.58. The number of alkyl halides is 2. The van der Waals surface area contributed by atoms with Gasteiger partial charge in [0.05, 0.1) is 5.69 Å². The second-order valence-corrected chi connectivity index (χ2v) is 8.04. The Morgan fingerprint density at radius 3 is 2.54 bits per heavy atom. The van der Waals surface area contributed by atoms with Gasteiger partial charge in [-0.1, -0.05) is 48.5 Å². The van der Waals surface area contributed by atoms with Crippen LogP contribution in [-0.4, -0.2) is 37.0 Å². The molecule has 0 aliphatic rings. The summed E-state index contributed by atoms with van der Waals surface area (Å²) in [7, 11) is 0. The van der Waals surface area contributed by atoms with Crippen LogP contribution in [0, 0.1) is 0 Å². The molecule has 0 atom stereocenters. The van der Waals surface area contributed by atoms with Gasteiger partial charge in [0.15, 0.2) is 10.8 Å². The second kappa shape index (κ2) is 9.43. The Hall–Kier alpha value is -4.45. The Morgan fingerprint density at radius 1 is 1.03 bits per heavy atom. The minimum absolute atomic E-state index is 0.0100. The van der Waals surface area contributed by atoms with E-state index < -0.39 is 12.0 Å². The zero-order valence-corrected chi connectivity index (χ0v) is 18.7. The molecule has 0 spiro atoms. The number of rotatable bonds is 8. The van der Waals surface area contributed by atoms with Gasteiger partial charge in [-0.05, 0) is 34.7 Å². The number of halogens is 2. The summed E-state index contributed by atoms with van der Waals surface area (Å²) < 4.78 is 40.4. The Bertz CT molecular complexity index is 1460. The van der Waals surface area contributed by atoms with Crippen molar-refractivity contribution in [2.75, 3.05) is 5.32 Å². The van der Waals surface area contributed by atoms with Gasteiger partial charge in [0.25, 0.3) is 0 Å². The molecule has 0 radical (unpaired) electrons. The molecular weight excluding hydrogens is 478 g/mol. The molecule has 35 heavy (non-hydrogen) atoms. The van der Waals surface area contributed by atoms with Gasteiger partial charge in [-0.15, -0.1) is 16.4 Å². The van der Waals surface area contributed by atoms with Crippen molar-refractivity contribution in [1.82, 2.24) is 25.0 Å². The number of aromatic nitrogens is 5. The fourth-order valence-electron chi connectivity index (χ4n) is 3.20. The number of anilines is 1. The van der Waals surface area contributed by atoms with Crippen LogP contribution in [0.25, 0.3) is 16.9 Å². The maximum atomic E-state index is 14.2. The molecule has 2 aromatic carbocycles. The summed E-state index contributed by atoms with van der Waals surface area (Å²) in [5.41, 5.74) is 2.48. The van der Waals surface area contributed by atoms with Gasteiger partial charge in [-0.25, -0.2) is 4.98 Å². The van der Waals surface area contributed by atoms with Crippen LogP contribution in [0.3, 0.4) is 0 Å². The summed E-state index contributed by atoms with van der Waals surface area (Å²) in [5, 5.41) is 15.4. The van der Waals surface area contributed by atoms with Crippen LogP contribution in [0.1, 0.15) is 5.69 Å². The number of ether oxygens (including phenoxy) is 2. The van der Waals surface area contributed by atoms with Gasteiger partial charge in [0.1, 0.15) is 23.8 Å². The highest BCUT2D eigenvalue weighted by atomic mass is 32.1. The average molecular weight is 494 g/mol. The Labute approximate surface area is 201 Å². The zero-order valence-electron chi connectivity index (χ0n) is 17.8. The zero-order chi connectivity index (χ0) is 24.3. The lowest BCUT2D eigenvalue weighted by atomic mass is 10.1. The van der Waals surface area contributed by atoms with Crippen LogP contribution in [0.2, 0.25) is 0 Å². The molecule has 9 nitrogen and oxygen atoms in total. The van der Waals surface area contributed by atoms with Crippen molar-refractivity contribution in [1.29, 1.82) is 0 Å². The molecule has 0 bridgehead atoms. The molecule has 1 N–H and O–H groups in total. The lowest BCUT2D eigenvalue weighted by Crippen LogP contribution is -2.39. The maximum absolute atomic E-state index is 14.2. The Kier molecular flexibility index (Phi) is 6.02. The average Bonchev–Trinajstić information content (AvgIpc) is 3.52. The SMILES string of the molecule is O=C(Nc1nc(COc2ccc3nnnn3c2-c2ccccc2)cs1)C(F)(F)Oc1ccccc1. The summed E-state index contributed by atoms with van der Waals surface area (Å²) in [5.74, 6) is -1.26. The van der Waals surface area contributed by atoms with Crippen molar-refractivity contribution < 1.29 is 23.0 Å². The van der Waals surface area contributed by atoms with Crippen LogP contribution in [-0.2, 0) is 11.4 Å². The van der Waals surface area contributed by atoms with E-state index in [1.165, 1.54) is 24.3 Å². The van der Waals surface area contributed by atoms with Gasteiger partial charge in [-0.2, -0.15) is 13.3 Å². The number of pyridine rings is 1. The predicted octanol–water partition coefficient (Wildman–Crippen LogP) is 4.44. The Balaban J connectivity index is 1.28. The fourth-order valence-corrected chi connectivity index (χ4v) is 3.89. The molecular formula is C23H16F2N6O3S. The lowest BCUT2D eigenvalue weighted by molar-refractivity contribution is -0.187. The highest BCUT2D eigenvalue weighted by molar-refractivity contribution is 7.13. The molecule has 176 valence electrons. The predicted molar refractivity (Wildman–Crippen MR) is 123 cm³/mol. The number of amides is 1. The number of fused-ring (bicyclic) bond motifs is 1. The first-order valence-electron chi connectivity index (χ1n) is 10.3. The first-order valence-corrected chi connectivity index (χ1v) is 11.1. The second-order valence-electron chi connectivity index (χ2n) is 7.18. The molecule has 0 saturated heterocycles. The molecule has 3 heterocycles. The summed E-state index contributed by atoms with van der Waals surface area (Å²) >= 11 is 0.990. The standard InChI is InChI=1S/C23H16F2N6O3S/c24-23(25,34-17-9-5-2-6-10-17)21(32)27-22-26-16(14-35-22)13-33-18-11-12-19-28-29-30-31(19)20(18)15-7-3-1-4-8-15/h1-12,14H,13H2,(H,26,27,32). The number of carbonyl (C=O) groups excluding carboxylic acids is 1. The van der Waals surface area contributed by atoms with Crippen molar-refractivity contribution in [3.05, 3.63) is 83.9 Å². The van der Waals surface area contributed by atoms with E-state index in [0.29, 0.717) is 22.8 Å². The molecule has 5 aromatic rings. The van der Waals surface area contributed by atoms with E-state index in [2.05, 4.69) is 30.6 Å². The van der Waals surface area contributed by atoms with Crippen LogP contribution in [0.4, 0.5) is 13.9 Å². The number of benzene rings is 2. The van der Waals surface area contributed by atoms with Gasteiger partial charge in [0.2, 0.25) is 0 Å². The summed E-state index contributed by atoms with van der Waals surface area (Å²) in [6.45, 7) is 0.0245. The smallest absolute Gasteiger partial charge is 0.482 e. The molecule has 0 aliphatic heterocycles. The summed E-state index contributed by atoms with van der Waals surface area (Å²) in [4.78, 5) is 16.2. The van der Waals surface area contributed by atoms with E-state index in [0.717, 1.165) is 16.9 Å². The number of nitrogens with one attached hydrogen (secondary N) is 1. The highest BCUT2D eigenvalue weighted by Gasteiger charge is 2.42. The quantitative estimate of drug-likeness (QED) is 0.340. The van der Waals surface area contributed by atoms with Crippen LogP contribution >= 0.6 is 11.3 Å². The fraction of sp³-hybridized carbons (Fsp3) is 0.0870. The number of carbonyl (C=O) groups is 1. The van der Waals surface area contributed by atoms with Crippen LogP contribution in [0.5, 0.6) is 11.5 Å². The maximum Gasteiger partial charge on any atom is 0.482 e. The van der Waals surface area contributed by atoms with Crippen molar-refractivity contribution in [2.45, 2.75) is 12.7 Å². The molecule has 0 fully saturated rings. The van der Waals surface area contributed by atoms with E-state index in [1.54, 1.807) is 28.1 Å². The third kappa shape index (κ3) is 4.92. The van der Waals surface area contributed by atoms with E-state index in [1.807, 2.05) is 30.3 Å². The number of nitrogens with zero attached hydrogens (tertiary/aromatic N) is 5. The number of hydrogen-bond donors (Lipinski definition) is 1. The van der Waals surface area contributed by atoms with E-state index in [-0.39, 0.29) is 17.5 Å². The number of para-hydroxylation sites is 1. The first-order chi connectivity index (χ1) is 17.0. The van der Waals surface area contributed by atoms with Gasteiger partial charge in [0, 0.05) is 10.9 Å². The number of thiazole rings is 1. The monoisotopic (exact) mass is 494 g/mol. The van der Waals surface area contributed by atoms with Crippen LogP contribution in [0.15, 0.2) is 78.2 Å². The largest absolute Gasteiger partial charge is 0.485 e. The minimum atomic E-state index is -4.07. The van der Waals surface area contributed by atoms with Gasteiger partial charge >= 0.3 is 12.0 Å². The Morgan fingerprint density at radius 2 is 1.77 bits per heavy atom. The molecule has 0 aliphatic carbocycles. The third-order valence-electron chi connectivity index (χ3n) is 4.77. The molecule has 0 unspecified atom stereocenters. The molecule has 3 aromatic heterocycles. The first kappa shape index (κ1) is 22.3. The number of hydrogen-bond acceptors (Lipinski definition) is 8. The van der Waals surface area contributed by atoms with Crippen molar-refractivity contribution in [3.63, 3.8) is 0 Å². The van der Waals surface area contributed by atoms with Crippen molar-refractivity contribution >= 4 is 28.0 Å². The molecule has 5 rings (SSSR count). The lowest BCUT2D eigenvalue weighted by Gasteiger charge is -2.16. The van der Waals surface area contributed by atoms with Crippen LogP contribution < -0.4 is 14.8 Å². The molecule has 1 amide bonds.